The molecule has 4 rings (SSSR count). The van der Waals surface area contributed by atoms with Crippen LogP contribution in [0, 0.1) is 6.92 Å². The number of carbonyl (C=O) groups excluding carboxylic acids is 3. The molecule has 0 aliphatic heterocycles. The van der Waals surface area contributed by atoms with Crippen LogP contribution in [0.1, 0.15) is 45.8 Å². The van der Waals surface area contributed by atoms with Crippen LogP contribution in [0.2, 0.25) is 0 Å². The Kier molecular flexibility index (Phi) is 4.54. The van der Waals surface area contributed by atoms with Crippen molar-refractivity contribution in [1.82, 2.24) is 4.98 Å². The summed E-state index contributed by atoms with van der Waals surface area (Å²) in [5.74, 6) is -0.870. The van der Waals surface area contributed by atoms with E-state index in [9.17, 15) is 14.4 Å². The smallest absolute Gasteiger partial charge is 0.355 e. The van der Waals surface area contributed by atoms with Crippen molar-refractivity contribution in [2.24, 2.45) is 0 Å². The minimum atomic E-state index is -0.509. The van der Waals surface area contributed by atoms with Crippen LogP contribution in [0.3, 0.4) is 0 Å². The number of esters is 1. The zero-order valence-corrected chi connectivity index (χ0v) is 16.4. The quantitative estimate of drug-likeness (QED) is 0.509. The van der Waals surface area contributed by atoms with E-state index in [2.05, 4.69) is 10.3 Å². The number of rotatable bonds is 4. The molecule has 2 N–H and O–H groups in total. The highest BCUT2D eigenvalue weighted by atomic mass is 16.5. The molecule has 0 radical (unpaired) electrons. The second-order valence-corrected chi connectivity index (χ2v) is 6.98. The van der Waals surface area contributed by atoms with Gasteiger partial charge in [0.25, 0.3) is 0 Å². The van der Waals surface area contributed by atoms with Gasteiger partial charge in [0.1, 0.15) is 5.69 Å². The number of benzene rings is 2. The fourth-order valence-electron chi connectivity index (χ4n) is 3.66. The first-order valence-corrected chi connectivity index (χ1v) is 9.37. The molecule has 0 atom stereocenters. The van der Waals surface area contributed by atoms with Crippen LogP contribution in [0.5, 0.6) is 0 Å². The summed E-state index contributed by atoms with van der Waals surface area (Å²) in [6.45, 7) is 5.36. The molecular weight excluding hydrogens is 368 g/mol. The number of aromatic amines is 1. The van der Waals surface area contributed by atoms with Crippen molar-refractivity contribution >= 4 is 23.3 Å². The summed E-state index contributed by atoms with van der Waals surface area (Å²) in [5.41, 5.74) is 5.42. The van der Waals surface area contributed by atoms with Crippen LogP contribution in [-0.4, -0.2) is 29.3 Å². The number of hydrogen-bond acceptors (Lipinski definition) is 4. The van der Waals surface area contributed by atoms with Crippen molar-refractivity contribution < 1.29 is 19.1 Å². The van der Waals surface area contributed by atoms with E-state index in [1.165, 1.54) is 6.92 Å². The van der Waals surface area contributed by atoms with Gasteiger partial charge in [0.2, 0.25) is 5.91 Å². The number of ketones is 1. The third-order valence-corrected chi connectivity index (χ3v) is 4.90. The summed E-state index contributed by atoms with van der Waals surface area (Å²) in [4.78, 5) is 40.4. The zero-order valence-electron chi connectivity index (χ0n) is 16.4. The molecule has 1 amide bonds. The molecule has 3 aromatic rings. The Morgan fingerprint density at radius 1 is 1.03 bits per heavy atom. The number of amides is 1. The van der Waals surface area contributed by atoms with Gasteiger partial charge in [-0.2, -0.15) is 0 Å². The number of anilines is 1. The monoisotopic (exact) mass is 388 g/mol. The molecule has 1 aliphatic rings. The van der Waals surface area contributed by atoms with E-state index in [1.54, 1.807) is 25.1 Å². The van der Waals surface area contributed by atoms with Crippen molar-refractivity contribution in [3.8, 4) is 22.4 Å². The number of aryl methyl sites for hydroxylation is 1. The first kappa shape index (κ1) is 18.7. The molecular formula is C23H20N2O4. The maximum absolute atomic E-state index is 13.2. The van der Waals surface area contributed by atoms with Gasteiger partial charge in [-0.3, -0.25) is 9.59 Å². The van der Waals surface area contributed by atoms with Crippen LogP contribution in [0.4, 0.5) is 5.69 Å². The molecule has 1 aromatic heterocycles. The van der Waals surface area contributed by atoms with Gasteiger partial charge in [-0.25, -0.2) is 4.79 Å². The maximum atomic E-state index is 13.2. The van der Waals surface area contributed by atoms with E-state index in [4.69, 9.17) is 4.74 Å². The first-order valence-electron chi connectivity index (χ1n) is 9.37. The molecule has 0 bridgehead atoms. The second-order valence-electron chi connectivity index (χ2n) is 6.98. The SMILES string of the molecule is CCOC(=O)c1[nH]c2c(c1-c1ccc(C)cc1)C(=O)c1ccc(NC(C)=O)cc1-2. The molecule has 0 spiro atoms. The van der Waals surface area contributed by atoms with E-state index in [0.717, 1.165) is 11.1 Å². The number of ether oxygens (including phenoxy) is 1. The molecule has 6 nitrogen and oxygen atoms in total. The Morgan fingerprint density at radius 3 is 2.41 bits per heavy atom. The van der Waals surface area contributed by atoms with E-state index in [-0.39, 0.29) is 24.0 Å². The summed E-state index contributed by atoms with van der Waals surface area (Å²) >= 11 is 0. The van der Waals surface area contributed by atoms with Gasteiger partial charge in [-0.05, 0) is 37.6 Å². The Bertz CT molecular complexity index is 1160. The largest absolute Gasteiger partial charge is 0.461 e. The Balaban J connectivity index is 1.94. The van der Waals surface area contributed by atoms with Gasteiger partial charge < -0.3 is 15.0 Å². The van der Waals surface area contributed by atoms with Crippen molar-refractivity contribution in [3.63, 3.8) is 0 Å². The summed E-state index contributed by atoms with van der Waals surface area (Å²) in [6.07, 6.45) is 0. The predicted octanol–water partition coefficient (Wildman–Crippen LogP) is 4.34. The van der Waals surface area contributed by atoms with Gasteiger partial charge in [0.15, 0.2) is 5.78 Å². The van der Waals surface area contributed by atoms with E-state index in [0.29, 0.717) is 33.6 Å². The van der Waals surface area contributed by atoms with E-state index < -0.39 is 5.97 Å². The predicted molar refractivity (Wildman–Crippen MR) is 110 cm³/mol. The van der Waals surface area contributed by atoms with Crippen LogP contribution in [0.25, 0.3) is 22.4 Å². The number of fused-ring (bicyclic) bond motifs is 3. The third kappa shape index (κ3) is 3.12. The highest BCUT2D eigenvalue weighted by Crippen LogP contribution is 2.44. The highest BCUT2D eigenvalue weighted by molar-refractivity contribution is 6.26. The van der Waals surface area contributed by atoms with Gasteiger partial charge >= 0.3 is 5.97 Å². The molecule has 0 fully saturated rings. The van der Waals surface area contributed by atoms with Gasteiger partial charge in [-0.15, -0.1) is 0 Å². The van der Waals surface area contributed by atoms with Crippen molar-refractivity contribution in [3.05, 3.63) is 64.8 Å². The molecule has 0 unspecified atom stereocenters. The normalized spacial score (nSPS) is 11.8. The zero-order chi connectivity index (χ0) is 20.7. The summed E-state index contributed by atoms with van der Waals surface area (Å²) in [7, 11) is 0. The second kappa shape index (κ2) is 7.05. The molecule has 1 aliphatic carbocycles. The van der Waals surface area contributed by atoms with Gasteiger partial charge in [0.05, 0.1) is 17.9 Å². The standard InChI is InChI=1S/C23H20N2O4/c1-4-29-23(28)21-18(14-7-5-12(2)6-8-14)19-20(25-21)17-11-15(24-13(3)26)9-10-16(17)22(19)27/h5-11,25H,4H2,1-3H3,(H,24,26). The summed E-state index contributed by atoms with van der Waals surface area (Å²) in [6, 6.07) is 12.8. The number of carbonyl (C=O) groups is 3. The average Bonchev–Trinajstić information content (AvgIpc) is 3.19. The van der Waals surface area contributed by atoms with Crippen LogP contribution in [0.15, 0.2) is 42.5 Å². The molecule has 2 aromatic carbocycles. The Hall–Kier alpha value is -3.67. The fourth-order valence-corrected chi connectivity index (χ4v) is 3.66. The van der Waals surface area contributed by atoms with Crippen molar-refractivity contribution in [1.29, 1.82) is 0 Å². The lowest BCUT2D eigenvalue weighted by Gasteiger charge is -2.08. The van der Waals surface area contributed by atoms with Crippen LogP contribution in [-0.2, 0) is 9.53 Å². The van der Waals surface area contributed by atoms with Gasteiger partial charge in [0, 0.05) is 29.3 Å². The summed E-state index contributed by atoms with van der Waals surface area (Å²) < 4.78 is 5.21. The number of hydrogen-bond donors (Lipinski definition) is 2. The topological polar surface area (TPSA) is 88.3 Å². The number of nitrogens with one attached hydrogen (secondary N) is 2. The number of aromatic nitrogens is 1. The Labute approximate surface area is 167 Å². The highest BCUT2D eigenvalue weighted by Gasteiger charge is 2.36. The molecule has 0 saturated heterocycles. The minimum absolute atomic E-state index is 0.160. The summed E-state index contributed by atoms with van der Waals surface area (Å²) in [5, 5.41) is 2.73. The van der Waals surface area contributed by atoms with E-state index in [1.807, 2.05) is 31.2 Å². The van der Waals surface area contributed by atoms with Crippen LogP contribution >= 0.6 is 0 Å². The van der Waals surface area contributed by atoms with Crippen molar-refractivity contribution in [2.75, 3.05) is 11.9 Å². The molecule has 29 heavy (non-hydrogen) atoms. The molecule has 1 heterocycles. The molecule has 6 heteroatoms. The van der Waals surface area contributed by atoms with Gasteiger partial charge in [-0.1, -0.05) is 29.8 Å². The lowest BCUT2D eigenvalue weighted by Crippen LogP contribution is -2.08. The minimum Gasteiger partial charge on any atom is -0.461 e. The maximum Gasteiger partial charge on any atom is 0.355 e. The number of H-pyrrole nitrogens is 1. The Morgan fingerprint density at radius 2 is 1.76 bits per heavy atom. The van der Waals surface area contributed by atoms with Crippen molar-refractivity contribution in [2.45, 2.75) is 20.8 Å². The lowest BCUT2D eigenvalue weighted by atomic mass is 9.97. The lowest BCUT2D eigenvalue weighted by molar-refractivity contribution is -0.114. The first-order chi connectivity index (χ1) is 13.9. The molecule has 0 saturated carbocycles. The van der Waals surface area contributed by atoms with Crippen LogP contribution < -0.4 is 5.32 Å². The van der Waals surface area contributed by atoms with E-state index >= 15 is 0 Å². The average molecular weight is 388 g/mol. The third-order valence-electron chi connectivity index (χ3n) is 4.90. The molecule has 146 valence electrons. The fraction of sp³-hybridized carbons (Fsp3) is 0.174.